The van der Waals surface area contributed by atoms with Crippen LogP contribution in [0.2, 0.25) is 0 Å². The van der Waals surface area contributed by atoms with Gasteiger partial charge in [-0.3, -0.25) is 0 Å². The molecule has 0 saturated carbocycles. The third-order valence-electron chi connectivity index (χ3n) is 3.03. The van der Waals surface area contributed by atoms with Gasteiger partial charge in [-0.2, -0.15) is 0 Å². The molecule has 2 nitrogen and oxygen atoms in total. The number of nitrogens with one attached hydrogen (secondary N) is 1. The minimum atomic E-state index is 0.154. The van der Waals surface area contributed by atoms with Crippen LogP contribution in [0.25, 0.3) is 0 Å². The summed E-state index contributed by atoms with van der Waals surface area (Å²) in [7, 11) is 1.77. The highest BCUT2D eigenvalue weighted by molar-refractivity contribution is 5.17. The Morgan fingerprint density at radius 3 is 2.25 bits per heavy atom. The van der Waals surface area contributed by atoms with Gasteiger partial charge in [-0.15, -0.1) is 0 Å². The highest BCUT2D eigenvalue weighted by atomic mass is 16.5. The first-order valence-corrected chi connectivity index (χ1v) is 6.12. The predicted octanol–water partition coefficient (Wildman–Crippen LogP) is 3.15. The molecule has 0 aliphatic rings. The van der Waals surface area contributed by atoms with Crippen molar-refractivity contribution in [1.29, 1.82) is 0 Å². The molecule has 16 heavy (non-hydrogen) atoms. The number of hydrogen-bond acceptors (Lipinski definition) is 2. The molecule has 1 aromatic rings. The van der Waals surface area contributed by atoms with E-state index in [1.165, 1.54) is 18.4 Å². The molecule has 1 rings (SSSR count). The summed E-state index contributed by atoms with van der Waals surface area (Å²) in [6.07, 6.45) is 2.49. The number of ether oxygens (including phenoxy) is 1. The Bertz CT molecular complexity index is 269. The van der Waals surface area contributed by atoms with Crippen molar-refractivity contribution in [1.82, 2.24) is 5.32 Å². The molecule has 1 N–H and O–H groups in total. The molecular formula is C14H23NO. The summed E-state index contributed by atoms with van der Waals surface area (Å²) in [5.74, 6) is 0. The van der Waals surface area contributed by atoms with Crippen LogP contribution in [0.5, 0.6) is 0 Å². The zero-order valence-corrected chi connectivity index (χ0v) is 10.6. The Morgan fingerprint density at radius 2 is 1.75 bits per heavy atom. The van der Waals surface area contributed by atoms with E-state index in [2.05, 4.69) is 43.4 Å². The van der Waals surface area contributed by atoms with Crippen LogP contribution in [0.3, 0.4) is 0 Å². The summed E-state index contributed by atoms with van der Waals surface area (Å²) in [4.78, 5) is 0. The summed E-state index contributed by atoms with van der Waals surface area (Å²) >= 11 is 0. The van der Waals surface area contributed by atoms with E-state index in [0.29, 0.717) is 6.04 Å². The summed E-state index contributed by atoms with van der Waals surface area (Å²) in [6, 6.07) is 11.0. The second-order valence-electron chi connectivity index (χ2n) is 4.06. The Labute approximate surface area is 99.0 Å². The molecule has 0 radical (unpaired) electrons. The lowest BCUT2D eigenvalue weighted by Gasteiger charge is -2.20. The van der Waals surface area contributed by atoms with Crippen LogP contribution in [0.1, 0.15) is 38.4 Å². The maximum atomic E-state index is 5.51. The lowest BCUT2D eigenvalue weighted by atomic mass is 10.1. The molecule has 0 aliphatic carbocycles. The molecule has 1 atom stereocenters. The Balaban J connectivity index is 2.50. The van der Waals surface area contributed by atoms with Gasteiger partial charge in [0.25, 0.3) is 0 Å². The lowest BCUT2D eigenvalue weighted by molar-refractivity contribution is 0.0990. The van der Waals surface area contributed by atoms with Gasteiger partial charge in [0.2, 0.25) is 0 Å². The minimum Gasteiger partial charge on any atom is -0.375 e. The molecular weight excluding hydrogens is 198 g/mol. The molecule has 0 heterocycles. The van der Waals surface area contributed by atoms with Gasteiger partial charge in [0.15, 0.2) is 0 Å². The smallest absolute Gasteiger partial charge is 0.0945 e. The van der Waals surface area contributed by atoms with E-state index in [4.69, 9.17) is 4.74 Å². The monoisotopic (exact) mass is 221 g/mol. The van der Waals surface area contributed by atoms with Crippen LogP contribution < -0.4 is 5.32 Å². The fourth-order valence-corrected chi connectivity index (χ4v) is 1.86. The van der Waals surface area contributed by atoms with Crippen molar-refractivity contribution in [2.24, 2.45) is 0 Å². The number of hydrogen-bond donors (Lipinski definition) is 1. The molecule has 0 fully saturated rings. The van der Waals surface area contributed by atoms with Crippen LogP contribution in [-0.4, -0.2) is 19.7 Å². The van der Waals surface area contributed by atoms with Crippen molar-refractivity contribution in [3.63, 3.8) is 0 Å². The van der Waals surface area contributed by atoms with Gasteiger partial charge in [0.1, 0.15) is 0 Å². The van der Waals surface area contributed by atoms with Gasteiger partial charge in [0, 0.05) is 19.7 Å². The van der Waals surface area contributed by atoms with Crippen molar-refractivity contribution in [2.45, 2.75) is 38.8 Å². The first kappa shape index (κ1) is 13.2. The average Bonchev–Trinajstić information content (AvgIpc) is 2.36. The number of benzene rings is 1. The van der Waals surface area contributed by atoms with Crippen molar-refractivity contribution >= 4 is 0 Å². The summed E-state index contributed by atoms with van der Waals surface area (Å²) in [5.41, 5.74) is 1.24. The molecule has 2 heteroatoms. The van der Waals surface area contributed by atoms with Crippen molar-refractivity contribution in [2.75, 3.05) is 13.7 Å². The third kappa shape index (κ3) is 3.95. The van der Waals surface area contributed by atoms with Crippen LogP contribution in [0.4, 0.5) is 0 Å². The van der Waals surface area contributed by atoms with Gasteiger partial charge in [-0.25, -0.2) is 0 Å². The largest absolute Gasteiger partial charge is 0.375 e. The Kier molecular flexibility index (Phi) is 6.12. The van der Waals surface area contributed by atoms with Gasteiger partial charge in [-0.05, 0) is 18.4 Å². The molecule has 1 aromatic carbocycles. The molecule has 0 aliphatic heterocycles. The van der Waals surface area contributed by atoms with E-state index < -0.39 is 0 Å². The summed E-state index contributed by atoms with van der Waals surface area (Å²) in [6.45, 7) is 5.31. The van der Waals surface area contributed by atoms with Crippen molar-refractivity contribution in [3.8, 4) is 0 Å². The molecule has 90 valence electrons. The molecule has 0 spiro atoms. The zero-order chi connectivity index (χ0) is 11.8. The fourth-order valence-electron chi connectivity index (χ4n) is 1.86. The average molecular weight is 221 g/mol. The van der Waals surface area contributed by atoms with Gasteiger partial charge < -0.3 is 10.1 Å². The third-order valence-corrected chi connectivity index (χ3v) is 3.03. The van der Waals surface area contributed by atoms with Crippen LogP contribution in [0, 0.1) is 0 Å². The van der Waals surface area contributed by atoms with E-state index >= 15 is 0 Å². The maximum Gasteiger partial charge on any atom is 0.0945 e. The fraction of sp³-hybridized carbons (Fsp3) is 0.571. The number of rotatable bonds is 7. The topological polar surface area (TPSA) is 21.3 Å². The summed E-state index contributed by atoms with van der Waals surface area (Å²) in [5, 5.41) is 3.54. The van der Waals surface area contributed by atoms with E-state index in [9.17, 15) is 0 Å². The van der Waals surface area contributed by atoms with E-state index in [-0.39, 0.29) is 6.10 Å². The molecule has 0 saturated heterocycles. The van der Waals surface area contributed by atoms with Gasteiger partial charge >= 0.3 is 0 Å². The van der Waals surface area contributed by atoms with E-state index in [0.717, 1.165) is 6.54 Å². The first-order chi connectivity index (χ1) is 7.81. The Morgan fingerprint density at radius 1 is 1.12 bits per heavy atom. The second kappa shape index (κ2) is 7.42. The molecule has 0 amide bonds. The van der Waals surface area contributed by atoms with Gasteiger partial charge in [0.05, 0.1) is 6.10 Å². The van der Waals surface area contributed by atoms with Crippen molar-refractivity contribution in [3.05, 3.63) is 35.9 Å². The lowest BCUT2D eigenvalue weighted by Crippen LogP contribution is -2.32. The van der Waals surface area contributed by atoms with E-state index in [1.807, 2.05) is 6.07 Å². The number of methoxy groups -OCH3 is 1. The van der Waals surface area contributed by atoms with Gasteiger partial charge in [-0.1, -0.05) is 44.2 Å². The maximum absolute atomic E-state index is 5.51. The zero-order valence-electron chi connectivity index (χ0n) is 10.6. The standard InChI is InChI=1S/C14H23NO/c1-4-13(5-2)15-11-14(16-3)12-9-7-6-8-10-12/h6-10,13-15H,4-5,11H2,1-3H3. The SMILES string of the molecule is CCC(CC)NCC(OC)c1ccccc1. The molecule has 1 unspecified atom stereocenters. The Hall–Kier alpha value is -0.860. The quantitative estimate of drug-likeness (QED) is 0.763. The molecule has 0 aromatic heterocycles. The predicted molar refractivity (Wildman–Crippen MR) is 68.6 cm³/mol. The molecule has 0 bridgehead atoms. The van der Waals surface area contributed by atoms with Crippen LogP contribution >= 0.6 is 0 Å². The highest BCUT2D eigenvalue weighted by Gasteiger charge is 2.11. The normalized spacial score (nSPS) is 13.0. The van der Waals surface area contributed by atoms with Crippen LogP contribution in [0.15, 0.2) is 30.3 Å². The van der Waals surface area contributed by atoms with Crippen LogP contribution in [-0.2, 0) is 4.74 Å². The second-order valence-corrected chi connectivity index (χ2v) is 4.06. The highest BCUT2D eigenvalue weighted by Crippen LogP contribution is 2.15. The minimum absolute atomic E-state index is 0.154. The summed E-state index contributed by atoms with van der Waals surface area (Å²) < 4.78 is 5.51. The van der Waals surface area contributed by atoms with E-state index in [1.54, 1.807) is 7.11 Å². The first-order valence-electron chi connectivity index (χ1n) is 6.12. The van der Waals surface area contributed by atoms with Crippen molar-refractivity contribution < 1.29 is 4.74 Å².